The predicted molar refractivity (Wildman–Crippen MR) is 56.1 cm³/mol. The molecule has 0 aromatic heterocycles. The molecule has 0 aliphatic rings. The predicted octanol–water partition coefficient (Wildman–Crippen LogP) is 2.40. The van der Waals surface area contributed by atoms with E-state index in [0.717, 1.165) is 6.07 Å². The summed E-state index contributed by atoms with van der Waals surface area (Å²) < 4.78 is 18.3. The molecule has 1 aromatic carbocycles. The summed E-state index contributed by atoms with van der Waals surface area (Å²) in [4.78, 5) is 11.1. The minimum atomic E-state index is -0.622. The molecular weight excluding hydrogens is 267 g/mol. The first kappa shape index (κ1) is 12.0. The summed E-state index contributed by atoms with van der Waals surface area (Å²) in [6, 6.07) is 2.32. The van der Waals surface area contributed by atoms with E-state index >= 15 is 0 Å². The molecule has 0 fully saturated rings. The number of ether oxygens (including phenoxy) is 1. The van der Waals surface area contributed by atoms with Crippen molar-refractivity contribution in [2.45, 2.75) is 13.3 Å². The molecule has 82 valence electrons. The first-order valence-corrected chi connectivity index (χ1v) is 5.16. The van der Waals surface area contributed by atoms with Gasteiger partial charge in [-0.25, -0.2) is 4.39 Å². The van der Waals surface area contributed by atoms with Crippen LogP contribution >= 0.6 is 15.9 Å². The van der Waals surface area contributed by atoms with Crippen LogP contribution in [0.25, 0.3) is 0 Å². The fraction of sp³-hybridized carbons (Fsp3) is 0.300. The van der Waals surface area contributed by atoms with Crippen LogP contribution in [0.1, 0.15) is 12.5 Å². The minimum Gasteiger partial charge on any atom is -0.507 e. The lowest BCUT2D eigenvalue weighted by Crippen LogP contribution is -2.08. The first-order chi connectivity index (χ1) is 7.04. The van der Waals surface area contributed by atoms with Crippen LogP contribution in [0.5, 0.6) is 5.75 Å². The molecule has 15 heavy (non-hydrogen) atoms. The average molecular weight is 277 g/mol. The fourth-order valence-electron chi connectivity index (χ4n) is 1.08. The van der Waals surface area contributed by atoms with Crippen LogP contribution in [0.4, 0.5) is 4.39 Å². The van der Waals surface area contributed by atoms with Crippen LogP contribution in [0.15, 0.2) is 16.6 Å². The highest BCUT2D eigenvalue weighted by Crippen LogP contribution is 2.27. The summed E-state index contributed by atoms with van der Waals surface area (Å²) in [7, 11) is 0. The minimum absolute atomic E-state index is 0.140. The number of aromatic hydroxyl groups is 1. The summed E-state index contributed by atoms with van der Waals surface area (Å²) in [6.45, 7) is 1.95. The maximum atomic E-state index is 13.2. The molecule has 1 N–H and O–H groups in total. The fourth-order valence-corrected chi connectivity index (χ4v) is 1.47. The van der Waals surface area contributed by atoms with Crippen molar-refractivity contribution >= 4 is 21.9 Å². The molecule has 5 heteroatoms. The average Bonchev–Trinajstić information content (AvgIpc) is 2.14. The summed E-state index contributed by atoms with van der Waals surface area (Å²) >= 11 is 3.04. The second-order valence-corrected chi connectivity index (χ2v) is 3.73. The molecule has 0 radical (unpaired) electrons. The standard InChI is InChI=1S/C10H10BrFO3/c1-2-15-10(14)4-6-3-7(11)9(13)5-8(6)12/h3,5,13H,2,4H2,1H3. The summed E-state index contributed by atoms with van der Waals surface area (Å²) in [5.41, 5.74) is 0.193. The molecule has 0 saturated carbocycles. The molecule has 0 saturated heterocycles. The van der Waals surface area contributed by atoms with Gasteiger partial charge >= 0.3 is 5.97 Å². The van der Waals surface area contributed by atoms with Crippen molar-refractivity contribution in [2.75, 3.05) is 6.61 Å². The van der Waals surface area contributed by atoms with Gasteiger partial charge in [-0.05, 0) is 28.9 Å². The lowest BCUT2D eigenvalue weighted by atomic mass is 10.1. The second kappa shape index (κ2) is 5.11. The van der Waals surface area contributed by atoms with E-state index in [9.17, 15) is 9.18 Å². The van der Waals surface area contributed by atoms with Gasteiger partial charge in [-0.1, -0.05) is 0 Å². The molecule has 0 atom stereocenters. The molecule has 0 bridgehead atoms. The summed E-state index contributed by atoms with van der Waals surface area (Å²) in [5, 5.41) is 9.16. The first-order valence-electron chi connectivity index (χ1n) is 4.37. The number of hydrogen-bond donors (Lipinski definition) is 1. The van der Waals surface area contributed by atoms with Crippen molar-refractivity contribution in [3.8, 4) is 5.75 Å². The van der Waals surface area contributed by atoms with Gasteiger partial charge in [0.05, 0.1) is 17.5 Å². The number of benzene rings is 1. The van der Waals surface area contributed by atoms with E-state index < -0.39 is 11.8 Å². The molecule has 3 nitrogen and oxygen atoms in total. The zero-order chi connectivity index (χ0) is 11.4. The number of hydrogen-bond acceptors (Lipinski definition) is 3. The SMILES string of the molecule is CCOC(=O)Cc1cc(Br)c(O)cc1F. The van der Waals surface area contributed by atoms with Crippen molar-refractivity contribution in [1.29, 1.82) is 0 Å². The molecule has 0 spiro atoms. The van der Waals surface area contributed by atoms with Gasteiger partial charge in [0, 0.05) is 11.6 Å². The number of esters is 1. The van der Waals surface area contributed by atoms with Gasteiger partial charge in [-0.2, -0.15) is 0 Å². The number of phenolic OH excluding ortho intramolecular Hbond substituents is 1. The third-order valence-corrected chi connectivity index (χ3v) is 2.39. The topological polar surface area (TPSA) is 46.5 Å². The van der Waals surface area contributed by atoms with Gasteiger partial charge in [0.1, 0.15) is 11.6 Å². The van der Waals surface area contributed by atoms with Crippen LogP contribution < -0.4 is 0 Å². The zero-order valence-corrected chi connectivity index (χ0v) is 9.67. The summed E-state index contributed by atoms with van der Waals surface area (Å²) in [6.07, 6.45) is -0.140. The molecule has 1 rings (SSSR count). The van der Waals surface area contributed by atoms with Crippen molar-refractivity contribution in [1.82, 2.24) is 0 Å². The lowest BCUT2D eigenvalue weighted by molar-refractivity contribution is -0.142. The Morgan fingerprint density at radius 1 is 1.60 bits per heavy atom. The number of rotatable bonds is 3. The van der Waals surface area contributed by atoms with Crippen molar-refractivity contribution in [2.24, 2.45) is 0 Å². The van der Waals surface area contributed by atoms with E-state index in [-0.39, 0.29) is 24.3 Å². The second-order valence-electron chi connectivity index (χ2n) is 2.88. The smallest absolute Gasteiger partial charge is 0.310 e. The van der Waals surface area contributed by atoms with E-state index in [2.05, 4.69) is 20.7 Å². The Hall–Kier alpha value is -1.10. The van der Waals surface area contributed by atoms with Gasteiger partial charge < -0.3 is 9.84 Å². The number of halogens is 2. The van der Waals surface area contributed by atoms with Crippen LogP contribution in [0.2, 0.25) is 0 Å². The quantitative estimate of drug-likeness (QED) is 0.863. The molecule has 0 heterocycles. The normalized spacial score (nSPS) is 10.1. The highest BCUT2D eigenvalue weighted by atomic mass is 79.9. The van der Waals surface area contributed by atoms with E-state index in [0.29, 0.717) is 4.47 Å². The number of phenols is 1. The molecule has 0 aliphatic carbocycles. The lowest BCUT2D eigenvalue weighted by Gasteiger charge is -2.05. The van der Waals surface area contributed by atoms with Crippen LogP contribution in [0, 0.1) is 5.82 Å². The van der Waals surface area contributed by atoms with Gasteiger partial charge in [0.15, 0.2) is 0 Å². The Balaban J connectivity index is 2.86. The third-order valence-electron chi connectivity index (χ3n) is 1.76. The van der Waals surface area contributed by atoms with Crippen molar-refractivity contribution in [3.05, 3.63) is 28.0 Å². The van der Waals surface area contributed by atoms with Crippen molar-refractivity contribution < 1.29 is 19.0 Å². The Morgan fingerprint density at radius 3 is 2.87 bits per heavy atom. The maximum Gasteiger partial charge on any atom is 0.310 e. The highest BCUT2D eigenvalue weighted by Gasteiger charge is 2.11. The van der Waals surface area contributed by atoms with E-state index in [1.54, 1.807) is 6.92 Å². The van der Waals surface area contributed by atoms with E-state index in [4.69, 9.17) is 5.11 Å². The molecule has 0 unspecified atom stereocenters. The molecule has 1 aromatic rings. The highest BCUT2D eigenvalue weighted by molar-refractivity contribution is 9.10. The van der Waals surface area contributed by atoms with Gasteiger partial charge in [-0.15, -0.1) is 0 Å². The Kier molecular flexibility index (Phi) is 4.08. The van der Waals surface area contributed by atoms with Crippen LogP contribution in [0.3, 0.4) is 0 Å². The molecule has 0 amide bonds. The monoisotopic (exact) mass is 276 g/mol. The number of carbonyl (C=O) groups is 1. The Bertz CT molecular complexity index is 379. The van der Waals surface area contributed by atoms with Gasteiger partial charge in [0.2, 0.25) is 0 Å². The zero-order valence-electron chi connectivity index (χ0n) is 8.09. The van der Waals surface area contributed by atoms with E-state index in [1.807, 2.05) is 0 Å². The van der Waals surface area contributed by atoms with E-state index in [1.165, 1.54) is 6.07 Å². The summed E-state index contributed by atoms with van der Waals surface area (Å²) in [5.74, 6) is -1.31. The molecular formula is C10H10BrFO3. The van der Waals surface area contributed by atoms with Crippen LogP contribution in [-0.4, -0.2) is 17.7 Å². The van der Waals surface area contributed by atoms with Gasteiger partial charge in [-0.3, -0.25) is 4.79 Å². The van der Waals surface area contributed by atoms with Crippen molar-refractivity contribution in [3.63, 3.8) is 0 Å². The largest absolute Gasteiger partial charge is 0.507 e. The Labute approximate surface area is 95.0 Å². The van der Waals surface area contributed by atoms with Gasteiger partial charge in [0.25, 0.3) is 0 Å². The Morgan fingerprint density at radius 2 is 2.27 bits per heavy atom. The number of carbonyl (C=O) groups excluding carboxylic acids is 1. The maximum absolute atomic E-state index is 13.2. The van der Waals surface area contributed by atoms with Crippen LogP contribution in [-0.2, 0) is 16.0 Å². The molecule has 0 aliphatic heterocycles. The third kappa shape index (κ3) is 3.20.